The van der Waals surface area contributed by atoms with Crippen molar-refractivity contribution in [2.45, 2.75) is 45.0 Å². The summed E-state index contributed by atoms with van der Waals surface area (Å²) in [4.78, 5) is 11.4. The van der Waals surface area contributed by atoms with Crippen LogP contribution < -0.4 is 4.74 Å². The topological polar surface area (TPSA) is 38.8 Å². The number of carbonyl (C=O) groups excluding carboxylic acids is 1. The summed E-state index contributed by atoms with van der Waals surface area (Å²) in [5, 5.41) is 0. The third-order valence-electron chi connectivity index (χ3n) is 4.07. The molecule has 3 nitrogen and oxygen atoms in total. The first-order valence-electron chi connectivity index (χ1n) is 5.87. The van der Waals surface area contributed by atoms with Crippen molar-refractivity contribution in [2.24, 2.45) is 0 Å². The van der Waals surface area contributed by atoms with E-state index in [1.807, 2.05) is 32.0 Å². The number of ether oxygens (including phenoxy) is 2. The van der Waals surface area contributed by atoms with E-state index in [4.69, 9.17) is 9.47 Å². The third-order valence-corrected chi connectivity index (χ3v) is 4.07. The Hall–Kier alpha value is -1.35. The fourth-order valence-electron chi connectivity index (χ4n) is 2.47. The second-order valence-corrected chi connectivity index (χ2v) is 5.53. The van der Waals surface area contributed by atoms with Crippen LogP contribution in [0, 0.1) is 0 Å². The number of fused-ring (bicyclic) bond motifs is 3. The number of carbonyl (C=O) groups is 1. The van der Waals surface area contributed by atoms with Crippen molar-refractivity contribution in [1.82, 2.24) is 0 Å². The van der Waals surface area contributed by atoms with Gasteiger partial charge in [-0.25, -0.2) is 0 Å². The molecule has 2 unspecified atom stereocenters. The Morgan fingerprint density at radius 3 is 2.65 bits per heavy atom. The highest BCUT2D eigenvalue weighted by Crippen LogP contribution is 2.61. The molecule has 1 saturated heterocycles. The molecule has 17 heavy (non-hydrogen) atoms. The van der Waals surface area contributed by atoms with Crippen molar-refractivity contribution in [1.29, 1.82) is 0 Å². The number of ketones is 1. The fourth-order valence-corrected chi connectivity index (χ4v) is 2.47. The minimum Gasteiger partial charge on any atom is -0.484 e. The van der Waals surface area contributed by atoms with Crippen molar-refractivity contribution >= 4 is 5.78 Å². The van der Waals surface area contributed by atoms with E-state index in [0.29, 0.717) is 5.56 Å². The van der Waals surface area contributed by atoms with Crippen LogP contribution in [0.15, 0.2) is 18.2 Å². The predicted molar refractivity (Wildman–Crippen MR) is 63.4 cm³/mol. The van der Waals surface area contributed by atoms with E-state index in [1.165, 1.54) is 0 Å². The monoisotopic (exact) mass is 232 g/mol. The summed E-state index contributed by atoms with van der Waals surface area (Å²) in [7, 11) is 0. The Morgan fingerprint density at radius 2 is 2.00 bits per heavy atom. The molecule has 2 heterocycles. The molecule has 0 bridgehead atoms. The van der Waals surface area contributed by atoms with E-state index >= 15 is 0 Å². The molecular weight excluding hydrogens is 216 g/mol. The van der Waals surface area contributed by atoms with Gasteiger partial charge in [0.05, 0.1) is 0 Å². The van der Waals surface area contributed by atoms with Crippen LogP contribution in [0.5, 0.6) is 5.75 Å². The van der Waals surface area contributed by atoms with E-state index in [9.17, 15) is 4.79 Å². The Bertz CT molecular complexity index is 518. The minimum absolute atomic E-state index is 0.0561. The summed E-state index contributed by atoms with van der Waals surface area (Å²) in [5.41, 5.74) is 1.11. The van der Waals surface area contributed by atoms with Crippen LogP contribution in [0.2, 0.25) is 0 Å². The number of Topliss-reactive ketones (excluding diaryl/α,β-unsaturated/α-hetero) is 1. The van der Waals surface area contributed by atoms with Gasteiger partial charge in [-0.3, -0.25) is 4.79 Å². The quantitative estimate of drug-likeness (QED) is 0.552. The summed E-state index contributed by atoms with van der Waals surface area (Å²) in [6.45, 7) is 7.70. The molecule has 1 fully saturated rings. The van der Waals surface area contributed by atoms with Gasteiger partial charge in [-0.2, -0.15) is 0 Å². The summed E-state index contributed by atoms with van der Waals surface area (Å²) < 4.78 is 11.8. The maximum Gasteiger partial charge on any atom is 0.159 e. The van der Waals surface area contributed by atoms with Gasteiger partial charge in [-0.05, 0) is 45.9 Å². The zero-order valence-electron chi connectivity index (χ0n) is 10.5. The lowest BCUT2D eigenvalue weighted by Gasteiger charge is -2.35. The Balaban J connectivity index is 2.10. The summed E-state index contributed by atoms with van der Waals surface area (Å²) in [6, 6.07) is 5.57. The lowest BCUT2D eigenvalue weighted by atomic mass is 9.83. The summed E-state index contributed by atoms with van der Waals surface area (Å²) >= 11 is 0. The van der Waals surface area contributed by atoms with E-state index in [-0.39, 0.29) is 23.1 Å². The van der Waals surface area contributed by atoms with Gasteiger partial charge in [-0.15, -0.1) is 0 Å². The first-order chi connectivity index (χ1) is 7.85. The van der Waals surface area contributed by atoms with E-state index in [2.05, 4.69) is 6.92 Å². The molecule has 0 radical (unpaired) electrons. The molecule has 0 N–H and O–H groups in total. The van der Waals surface area contributed by atoms with Crippen LogP contribution in [-0.4, -0.2) is 17.0 Å². The maximum absolute atomic E-state index is 11.4. The van der Waals surface area contributed by atoms with Gasteiger partial charge in [0.1, 0.15) is 23.1 Å². The van der Waals surface area contributed by atoms with Gasteiger partial charge in [0.15, 0.2) is 5.78 Å². The summed E-state index contributed by atoms with van der Waals surface area (Å²) in [6.07, 6.45) is 0.0561. The van der Waals surface area contributed by atoms with Crippen LogP contribution in [0.1, 0.15) is 49.7 Å². The van der Waals surface area contributed by atoms with E-state index in [0.717, 1.165) is 11.3 Å². The standard InChI is InChI=1S/C14H16O3/c1-8(15)9-5-6-11-10(7-9)12-14(4,17-12)13(2,3)16-11/h5-7,12H,1-4H3. The molecule has 0 aromatic heterocycles. The molecule has 1 aromatic carbocycles. The number of hydrogen-bond donors (Lipinski definition) is 0. The molecule has 0 saturated carbocycles. The largest absolute Gasteiger partial charge is 0.484 e. The van der Waals surface area contributed by atoms with E-state index < -0.39 is 0 Å². The van der Waals surface area contributed by atoms with Crippen molar-refractivity contribution in [3.8, 4) is 5.75 Å². The molecule has 1 aromatic rings. The van der Waals surface area contributed by atoms with Crippen molar-refractivity contribution in [3.05, 3.63) is 29.3 Å². The van der Waals surface area contributed by atoms with Crippen molar-refractivity contribution in [2.75, 3.05) is 0 Å². The van der Waals surface area contributed by atoms with Gasteiger partial charge in [0, 0.05) is 11.1 Å². The Morgan fingerprint density at radius 1 is 1.29 bits per heavy atom. The van der Waals surface area contributed by atoms with Crippen LogP contribution in [0.25, 0.3) is 0 Å². The molecule has 90 valence electrons. The smallest absolute Gasteiger partial charge is 0.159 e. The van der Waals surface area contributed by atoms with Crippen LogP contribution in [0.3, 0.4) is 0 Å². The van der Waals surface area contributed by atoms with Crippen molar-refractivity contribution in [3.63, 3.8) is 0 Å². The fraction of sp³-hybridized carbons (Fsp3) is 0.500. The minimum atomic E-state index is -0.331. The maximum atomic E-state index is 11.4. The van der Waals surface area contributed by atoms with Gasteiger partial charge in [0.2, 0.25) is 0 Å². The molecule has 2 atom stereocenters. The summed E-state index contributed by atoms with van der Waals surface area (Å²) in [5.74, 6) is 0.903. The SMILES string of the molecule is CC(=O)c1ccc2c(c1)C1OC1(C)C(C)(C)O2. The molecule has 0 spiro atoms. The highest BCUT2D eigenvalue weighted by atomic mass is 16.7. The molecule has 2 aliphatic heterocycles. The van der Waals surface area contributed by atoms with E-state index in [1.54, 1.807) is 6.92 Å². The Labute approximate surface area is 101 Å². The number of hydrogen-bond acceptors (Lipinski definition) is 3. The molecule has 0 amide bonds. The van der Waals surface area contributed by atoms with Gasteiger partial charge >= 0.3 is 0 Å². The number of epoxide rings is 1. The van der Waals surface area contributed by atoms with Crippen LogP contribution in [-0.2, 0) is 4.74 Å². The lowest BCUT2D eigenvalue weighted by Crippen LogP contribution is -2.45. The van der Waals surface area contributed by atoms with Gasteiger partial charge in [0.25, 0.3) is 0 Å². The Kier molecular flexibility index (Phi) is 1.84. The molecular formula is C14H16O3. The highest BCUT2D eigenvalue weighted by molar-refractivity contribution is 5.94. The predicted octanol–water partition coefficient (Wildman–Crippen LogP) is 2.89. The van der Waals surface area contributed by atoms with Crippen LogP contribution >= 0.6 is 0 Å². The molecule has 2 aliphatic rings. The zero-order valence-corrected chi connectivity index (χ0v) is 10.5. The first kappa shape index (κ1) is 10.8. The average Bonchev–Trinajstić information content (AvgIpc) is 2.92. The lowest BCUT2D eigenvalue weighted by molar-refractivity contribution is 0.0241. The second kappa shape index (κ2) is 2.91. The molecule has 3 rings (SSSR count). The normalized spacial score (nSPS) is 32.1. The second-order valence-electron chi connectivity index (χ2n) is 5.53. The van der Waals surface area contributed by atoms with Gasteiger partial charge < -0.3 is 9.47 Å². The number of benzene rings is 1. The number of rotatable bonds is 1. The average molecular weight is 232 g/mol. The van der Waals surface area contributed by atoms with Crippen LogP contribution in [0.4, 0.5) is 0 Å². The third kappa shape index (κ3) is 1.29. The highest BCUT2D eigenvalue weighted by Gasteiger charge is 2.67. The molecule has 0 aliphatic carbocycles. The molecule has 3 heteroatoms. The zero-order chi connectivity index (χ0) is 12.4. The first-order valence-corrected chi connectivity index (χ1v) is 5.87. The van der Waals surface area contributed by atoms with Crippen molar-refractivity contribution < 1.29 is 14.3 Å². The van der Waals surface area contributed by atoms with Gasteiger partial charge in [-0.1, -0.05) is 0 Å².